The van der Waals surface area contributed by atoms with E-state index in [-0.39, 0.29) is 11.6 Å². The number of carbonyl (C=O) groups excluding carboxylic acids is 1. The molecule has 0 aliphatic carbocycles. The van der Waals surface area contributed by atoms with Crippen molar-refractivity contribution in [1.82, 2.24) is 4.98 Å². The lowest BCUT2D eigenvalue weighted by atomic mass is 10.2. The molecule has 20 heavy (non-hydrogen) atoms. The average molecular weight is 356 g/mol. The van der Waals surface area contributed by atoms with Gasteiger partial charge in [0, 0.05) is 10.0 Å². The van der Waals surface area contributed by atoms with Gasteiger partial charge in [0.2, 0.25) is 0 Å². The molecule has 2 rings (SSSR count). The van der Waals surface area contributed by atoms with Crippen LogP contribution in [0.15, 0.2) is 41.0 Å². The van der Waals surface area contributed by atoms with Crippen LogP contribution in [0.2, 0.25) is 5.02 Å². The highest BCUT2D eigenvalue weighted by Crippen LogP contribution is 2.23. The van der Waals surface area contributed by atoms with E-state index in [1.807, 2.05) is 0 Å². The number of carboxylic acids is 1. The molecule has 0 bridgehead atoms. The van der Waals surface area contributed by atoms with Crippen LogP contribution in [0.3, 0.4) is 0 Å². The van der Waals surface area contributed by atoms with Crippen LogP contribution >= 0.6 is 27.5 Å². The van der Waals surface area contributed by atoms with Crippen LogP contribution in [0.4, 0.5) is 5.69 Å². The van der Waals surface area contributed by atoms with Crippen molar-refractivity contribution in [3.05, 3.63) is 57.3 Å². The molecule has 0 aliphatic rings. The molecule has 0 spiro atoms. The molecule has 0 saturated heterocycles. The van der Waals surface area contributed by atoms with Gasteiger partial charge in [-0.15, -0.1) is 0 Å². The monoisotopic (exact) mass is 354 g/mol. The smallest absolute Gasteiger partial charge is 0.354 e. The van der Waals surface area contributed by atoms with Crippen LogP contribution in [0.5, 0.6) is 0 Å². The fraction of sp³-hybridized carbons (Fsp3) is 0. The molecular weight excluding hydrogens is 348 g/mol. The number of rotatable bonds is 3. The van der Waals surface area contributed by atoms with Crippen molar-refractivity contribution in [2.45, 2.75) is 0 Å². The molecule has 1 aromatic carbocycles. The Bertz CT molecular complexity index is 674. The Kier molecular flexibility index (Phi) is 4.36. The summed E-state index contributed by atoms with van der Waals surface area (Å²) in [5, 5.41) is 11.8. The number of halogens is 2. The topological polar surface area (TPSA) is 79.3 Å². The average Bonchev–Trinajstić information content (AvgIpc) is 2.42. The molecule has 1 heterocycles. The highest BCUT2D eigenvalue weighted by Gasteiger charge is 2.09. The number of benzene rings is 1. The number of nitrogens with zero attached hydrogens (tertiary/aromatic N) is 1. The number of aromatic nitrogens is 1. The van der Waals surface area contributed by atoms with E-state index in [0.29, 0.717) is 20.7 Å². The standard InChI is InChI=1S/C13H8BrClN2O3/c14-9-3-1-7(5-10(9)15)12(18)17-8-2-4-11(13(19)20)16-6-8/h1-6H,(H,17,18)(H,19,20). The third-order valence-corrected chi connectivity index (χ3v) is 3.65. The second-order valence-electron chi connectivity index (χ2n) is 3.82. The molecule has 0 fully saturated rings. The first-order valence-corrected chi connectivity index (χ1v) is 6.60. The second kappa shape index (κ2) is 6.02. The molecule has 1 amide bonds. The first-order valence-electron chi connectivity index (χ1n) is 5.43. The maximum Gasteiger partial charge on any atom is 0.354 e. The summed E-state index contributed by atoms with van der Waals surface area (Å²) in [5.41, 5.74) is 0.703. The van der Waals surface area contributed by atoms with Gasteiger partial charge in [0.05, 0.1) is 16.9 Å². The highest BCUT2D eigenvalue weighted by atomic mass is 79.9. The molecule has 0 atom stereocenters. The molecule has 5 nitrogen and oxygen atoms in total. The van der Waals surface area contributed by atoms with Gasteiger partial charge in [-0.3, -0.25) is 4.79 Å². The largest absolute Gasteiger partial charge is 0.477 e. The van der Waals surface area contributed by atoms with E-state index in [1.54, 1.807) is 12.1 Å². The van der Waals surface area contributed by atoms with Gasteiger partial charge in [-0.25, -0.2) is 9.78 Å². The van der Waals surface area contributed by atoms with E-state index in [2.05, 4.69) is 26.2 Å². The molecule has 0 aliphatic heterocycles. The summed E-state index contributed by atoms with van der Waals surface area (Å²) in [6, 6.07) is 7.59. The predicted octanol–water partition coefficient (Wildman–Crippen LogP) is 3.45. The first-order chi connectivity index (χ1) is 9.47. The Balaban J connectivity index is 2.14. The lowest BCUT2D eigenvalue weighted by molar-refractivity contribution is 0.0690. The zero-order chi connectivity index (χ0) is 14.7. The minimum absolute atomic E-state index is 0.0883. The van der Waals surface area contributed by atoms with Gasteiger partial charge in [-0.2, -0.15) is 0 Å². The number of hydrogen-bond donors (Lipinski definition) is 2. The van der Waals surface area contributed by atoms with Gasteiger partial charge in [-0.1, -0.05) is 11.6 Å². The normalized spacial score (nSPS) is 10.1. The summed E-state index contributed by atoms with van der Waals surface area (Å²) in [7, 11) is 0. The maximum atomic E-state index is 12.0. The van der Waals surface area contributed by atoms with E-state index in [1.165, 1.54) is 24.4 Å². The lowest BCUT2D eigenvalue weighted by Gasteiger charge is -2.06. The Morgan fingerprint density at radius 1 is 1.25 bits per heavy atom. The van der Waals surface area contributed by atoms with Gasteiger partial charge in [0.15, 0.2) is 0 Å². The number of carbonyl (C=O) groups is 2. The number of amides is 1. The van der Waals surface area contributed by atoms with Gasteiger partial charge in [0.1, 0.15) is 5.69 Å². The second-order valence-corrected chi connectivity index (χ2v) is 5.08. The van der Waals surface area contributed by atoms with E-state index in [4.69, 9.17) is 16.7 Å². The van der Waals surface area contributed by atoms with Crippen molar-refractivity contribution in [1.29, 1.82) is 0 Å². The van der Waals surface area contributed by atoms with Crippen molar-refractivity contribution in [2.75, 3.05) is 5.32 Å². The first kappa shape index (κ1) is 14.5. The van der Waals surface area contributed by atoms with E-state index in [0.717, 1.165) is 0 Å². The lowest BCUT2D eigenvalue weighted by Crippen LogP contribution is -2.12. The van der Waals surface area contributed by atoms with Gasteiger partial charge in [0.25, 0.3) is 5.91 Å². The molecule has 7 heteroatoms. The summed E-state index contributed by atoms with van der Waals surface area (Å²) in [4.78, 5) is 26.3. The number of aromatic carboxylic acids is 1. The summed E-state index contributed by atoms with van der Waals surface area (Å²) >= 11 is 9.15. The molecule has 0 radical (unpaired) electrons. The molecule has 1 aromatic heterocycles. The van der Waals surface area contributed by atoms with Crippen molar-refractivity contribution < 1.29 is 14.7 Å². The summed E-state index contributed by atoms with van der Waals surface area (Å²) in [6.07, 6.45) is 1.28. The molecular formula is C13H8BrClN2O3. The van der Waals surface area contributed by atoms with Gasteiger partial charge in [-0.05, 0) is 46.3 Å². The van der Waals surface area contributed by atoms with E-state index in [9.17, 15) is 9.59 Å². The zero-order valence-corrected chi connectivity index (χ0v) is 12.3. The van der Waals surface area contributed by atoms with Crippen LogP contribution in [0.25, 0.3) is 0 Å². The SMILES string of the molecule is O=C(Nc1ccc(C(=O)O)nc1)c1ccc(Br)c(Cl)c1. The number of carboxylic acid groups (broad SMARTS) is 1. The molecule has 2 aromatic rings. The third kappa shape index (κ3) is 3.34. The molecule has 2 N–H and O–H groups in total. The van der Waals surface area contributed by atoms with Crippen molar-refractivity contribution in [3.63, 3.8) is 0 Å². The van der Waals surface area contributed by atoms with E-state index < -0.39 is 5.97 Å². The minimum atomic E-state index is -1.12. The molecule has 0 unspecified atom stereocenters. The number of anilines is 1. The Morgan fingerprint density at radius 3 is 2.55 bits per heavy atom. The predicted molar refractivity (Wildman–Crippen MR) is 78.3 cm³/mol. The Labute approximate surface area is 127 Å². The van der Waals surface area contributed by atoms with Crippen molar-refractivity contribution >= 4 is 45.1 Å². The molecule has 0 saturated carbocycles. The maximum absolute atomic E-state index is 12.0. The number of pyridine rings is 1. The van der Waals surface area contributed by atoms with Crippen LogP contribution in [-0.4, -0.2) is 22.0 Å². The van der Waals surface area contributed by atoms with Crippen LogP contribution in [0, 0.1) is 0 Å². The minimum Gasteiger partial charge on any atom is -0.477 e. The Hall–Kier alpha value is -1.92. The Morgan fingerprint density at radius 2 is 2.00 bits per heavy atom. The number of nitrogens with one attached hydrogen (secondary N) is 1. The van der Waals surface area contributed by atoms with Crippen molar-refractivity contribution in [2.24, 2.45) is 0 Å². The summed E-state index contributed by atoms with van der Waals surface area (Å²) in [5.74, 6) is -1.48. The fourth-order valence-electron chi connectivity index (χ4n) is 1.43. The van der Waals surface area contributed by atoms with Gasteiger partial charge >= 0.3 is 5.97 Å². The van der Waals surface area contributed by atoms with Crippen molar-refractivity contribution in [3.8, 4) is 0 Å². The fourth-order valence-corrected chi connectivity index (χ4v) is 1.86. The third-order valence-electron chi connectivity index (χ3n) is 2.42. The zero-order valence-electron chi connectivity index (χ0n) is 9.93. The van der Waals surface area contributed by atoms with E-state index >= 15 is 0 Å². The van der Waals surface area contributed by atoms with Crippen LogP contribution in [-0.2, 0) is 0 Å². The summed E-state index contributed by atoms with van der Waals surface area (Å²) < 4.78 is 0.697. The van der Waals surface area contributed by atoms with Gasteiger partial charge < -0.3 is 10.4 Å². The molecule has 102 valence electrons. The van der Waals surface area contributed by atoms with Crippen LogP contribution < -0.4 is 5.32 Å². The van der Waals surface area contributed by atoms with Crippen LogP contribution in [0.1, 0.15) is 20.8 Å². The quantitative estimate of drug-likeness (QED) is 0.884. The highest BCUT2D eigenvalue weighted by molar-refractivity contribution is 9.10. The number of hydrogen-bond acceptors (Lipinski definition) is 3. The summed E-state index contributed by atoms with van der Waals surface area (Å²) in [6.45, 7) is 0.